The first kappa shape index (κ1) is 42.7. The molecule has 0 bridgehead atoms. The van der Waals surface area contributed by atoms with Crippen LogP contribution < -0.4 is 0 Å². The lowest BCUT2D eigenvalue weighted by atomic mass is 9.70. The summed E-state index contributed by atoms with van der Waals surface area (Å²) in [4.78, 5) is 17.7. The lowest BCUT2D eigenvalue weighted by Crippen LogP contribution is -2.46. The Labute approximate surface area is 363 Å². The highest BCUT2D eigenvalue weighted by molar-refractivity contribution is 7.10. The summed E-state index contributed by atoms with van der Waals surface area (Å²) < 4.78 is 79.8. The van der Waals surface area contributed by atoms with Crippen molar-refractivity contribution in [2.24, 2.45) is 0 Å². The molecule has 63 heavy (non-hydrogen) atoms. The normalized spacial score (nSPS) is 14.8. The van der Waals surface area contributed by atoms with Gasteiger partial charge in [-0.1, -0.05) is 37.3 Å². The average molecular weight is 891 g/mol. The molecule has 5 unspecified atom stereocenters. The van der Waals surface area contributed by atoms with Crippen LogP contribution in [0.15, 0.2) is 115 Å². The Morgan fingerprint density at radius 1 is 0.683 bits per heavy atom. The molecule has 0 amide bonds. The third-order valence-corrected chi connectivity index (χ3v) is 13.0. The second-order valence-electron chi connectivity index (χ2n) is 14.6. The molecule has 4 aromatic carbocycles. The molecular weight excluding hydrogens is 860 g/mol. The van der Waals surface area contributed by atoms with E-state index < -0.39 is 82.3 Å². The van der Waals surface area contributed by atoms with Gasteiger partial charge < -0.3 is 10.2 Å². The molecule has 0 fully saturated rings. The first-order valence-electron chi connectivity index (χ1n) is 19.0. The van der Waals surface area contributed by atoms with Crippen LogP contribution in [0.2, 0.25) is 0 Å². The minimum atomic E-state index is -2.65. The van der Waals surface area contributed by atoms with Crippen LogP contribution in [0.3, 0.4) is 0 Å². The molecule has 0 saturated carbocycles. The van der Waals surface area contributed by atoms with Gasteiger partial charge in [-0.25, -0.2) is 51.3 Å². The van der Waals surface area contributed by atoms with Crippen LogP contribution in [0.25, 0.3) is 22.5 Å². The van der Waals surface area contributed by atoms with Gasteiger partial charge in [-0.05, 0) is 42.8 Å². The van der Waals surface area contributed by atoms with Crippen molar-refractivity contribution in [3.05, 3.63) is 176 Å². The number of rotatable bonds is 14. The Morgan fingerprint density at radius 2 is 1.25 bits per heavy atom. The van der Waals surface area contributed by atoms with Gasteiger partial charge in [-0.15, -0.1) is 22.7 Å². The summed E-state index contributed by atoms with van der Waals surface area (Å²) in [5.41, 5.74) is -3.39. The van der Waals surface area contributed by atoms with Gasteiger partial charge in [0.25, 0.3) is 0 Å². The zero-order valence-corrected chi connectivity index (χ0v) is 34.3. The second-order valence-corrected chi connectivity index (χ2v) is 16.4. The van der Waals surface area contributed by atoms with Gasteiger partial charge in [0.1, 0.15) is 54.0 Å². The highest BCUT2D eigenvalue weighted by Gasteiger charge is 2.53. The third-order valence-electron chi connectivity index (χ3n) is 11.0. The van der Waals surface area contributed by atoms with Crippen molar-refractivity contribution >= 4 is 22.7 Å². The Morgan fingerprint density at radius 3 is 1.83 bits per heavy atom. The molecular formula is C44H31F5N10O2S2. The molecule has 0 aliphatic carbocycles. The summed E-state index contributed by atoms with van der Waals surface area (Å²) >= 11 is 2.13. The van der Waals surface area contributed by atoms with Crippen molar-refractivity contribution in [3.63, 3.8) is 0 Å². The summed E-state index contributed by atoms with van der Waals surface area (Å²) in [6.07, 6.45) is 4.28. The first-order chi connectivity index (χ1) is 30.3. The van der Waals surface area contributed by atoms with E-state index in [2.05, 4.69) is 32.3 Å². The molecule has 0 aliphatic rings. The fourth-order valence-electron chi connectivity index (χ4n) is 7.73. The van der Waals surface area contributed by atoms with Crippen molar-refractivity contribution < 1.29 is 32.2 Å². The Kier molecular flexibility index (Phi) is 11.8. The number of hydrogen-bond donors (Lipinski definition) is 2. The van der Waals surface area contributed by atoms with Gasteiger partial charge in [0.15, 0.2) is 11.6 Å². The van der Waals surface area contributed by atoms with Crippen LogP contribution in [0, 0.1) is 51.7 Å². The molecule has 0 radical (unpaired) electrons. The van der Waals surface area contributed by atoms with E-state index in [9.17, 15) is 29.5 Å². The predicted octanol–water partition coefficient (Wildman–Crippen LogP) is 8.55. The van der Waals surface area contributed by atoms with Gasteiger partial charge in [0, 0.05) is 57.0 Å². The Bertz CT molecular complexity index is 2970. The molecule has 19 heteroatoms. The molecule has 4 aromatic heterocycles. The molecule has 4 heterocycles. The molecule has 5 atom stereocenters. The lowest BCUT2D eigenvalue weighted by Gasteiger charge is -2.44. The van der Waals surface area contributed by atoms with Gasteiger partial charge in [-0.2, -0.15) is 20.7 Å². The van der Waals surface area contributed by atoms with Crippen LogP contribution in [-0.2, 0) is 17.7 Å². The van der Waals surface area contributed by atoms with Crippen molar-refractivity contribution in [2.75, 3.05) is 0 Å². The Balaban J connectivity index is 1.36. The van der Waals surface area contributed by atoms with Gasteiger partial charge in [0.2, 0.25) is 0 Å². The summed E-state index contributed by atoms with van der Waals surface area (Å²) in [6.45, 7) is 0.985. The number of nitriles is 2. The van der Waals surface area contributed by atoms with Crippen LogP contribution >= 0.6 is 22.7 Å². The van der Waals surface area contributed by atoms with Gasteiger partial charge in [0.05, 0.1) is 57.3 Å². The minimum absolute atomic E-state index is 0.143. The SMILES string of the molecule is CC(c1nc(-c2ccc(C#N)cc2)cs1)C(O)(c1cc(F)c(F)cc1F)C(CC(c1nc(-c2ccc(C#N)cc2)cs1)C(O)(Cn1cncn1)c1ccc(F)cc1F)n1cncn1. The largest absolute Gasteiger partial charge is 0.382 e. The molecule has 8 aromatic rings. The standard InChI is InChI=1S/C44H31F5N10O2S2/c1-25(41-56-38(18-62-41)28-6-2-26(16-50)3-7-28)44(61,32-13-36(48)37(49)15-35(32)47)40(59-24-53-22-55-59)14-33(42-57-39(19-63-42)29-8-4-27(17-51)5-9-29)43(60,20-58-23-52-21-54-58)31-11-10-30(45)12-34(31)46/h2-13,15,18-19,21-25,33,40,60-61H,14,20H2,1H3. The number of aliphatic hydroxyl groups is 2. The molecule has 2 N–H and O–H groups in total. The molecule has 0 spiro atoms. The number of halogens is 5. The van der Waals surface area contributed by atoms with Gasteiger partial charge in [-0.3, -0.25) is 0 Å². The zero-order valence-electron chi connectivity index (χ0n) is 32.7. The van der Waals surface area contributed by atoms with Crippen molar-refractivity contribution in [2.45, 2.75) is 49.0 Å². The highest BCUT2D eigenvalue weighted by atomic mass is 32.1. The van der Waals surface area contributed by atoms with E-state index in [0.29, 0.717) is 51.8 Å². The summed E-state index contributed by atoms with van der Waals surface area (Å²) in [6, 6.07) is 19.1. The number of benzene rings is 4. The van der Waals surface area contributed by atoms with Gasteiger partial charge >= 0.3 is 0 Å². The van der Waals surface area contributed by atoms with E-state index in [1.165, 1.54) is 35.3 Å². The number of thiazole rings is 2. The lowest BCUT2D eigenvalue weighted by molar-refractivity contribution is -0.0736. The topological polar surface area (TPSA) is 175 Å². The molecule has 12 nitrogen and oxygen atoms in total. The van der Waals surface area contributed by atoms with E-state index in [-0.39, 0.29) is 10.0 Å². The molecule has 316 valence electrons. The van der Waals surface area contributed by atoms with Crippen LogP contribution in [-0.4, -0.2) is 49.7 Å². The monoisotopic (exact) mass is 890 g/mol. The maximum absolute atomic E-state index is 16.5. The quantitative estimate of drug-likeness (QED) is 0.0795. The van der Waals surface area contributed by atoms with E-state index >= 15 is 13.2 Å². The number of hydrogen-bond acceptors (Lipinski definition) is 12. The van der Waals surface area contributed by atoms with Crippen LogP contribution in [0.1, 0.15) is 63.5 Å². The number of aromatic nitrogens is 8. The molecule has 8 rings (SSSR count). The number of nitrogens with zero attached hydrogens (tertiary/aromatic N) is 10. The first-order valence-corrected chi connectivity index (χ1v) is 20.7. The molecule has 0 saturated heterocycles. The Hall–Kier alpha value is -7.03. The summed E-state index contributed by atoms with van der Waals surface area (Å²) in [5.74, 6) is -9.12. The minimum Gasteiger partial charge on any atom is -0.382 e. The van der Waals surface area contributed by atoms with Crippen LogP contribution in [0.5, 0.6) is 0 Å². The van der Waals surface area contributed by atoms with Crippen LogP contribution in [0.4, 0.5) is 22.0 Å². The fraction of sp³-hybridized carbons (Fsp3) is 0.182. The smallest absolute Gasteiger partial charge is 0.161 e. The zero-order chi connectivity index (χ0) is 44.5. The second kappa shape index (κ2) is 17.4. The third kappa shape index (κ3) is 8.22. The predicted molar refractivity (Wildman–Crippen MR) is 220 cm³/mol. The average Bonchev–Trinajstić information content (AvgIpc) is 4.14. The van der Waals surface area contributed by atoms with Crippen molar-refractivity contribution in [3.8, 4) is 34.7 Å². The van der Waals surface area contributed by atoms with E-state index in [1.807, 2.05) is 0 Å². The summed E-state index contributed by atoms with van der Waals surface area (Å²) in [7, 11) is 0. The van der Waals surface area contributed by atoms with E-state index in [4.69, 9.17) is 9.97 Å². The maximum Gasteiger partial charge on any atom is 0.161 e. The maximum atomic E-state index is 16.5. The highest BCUT2D eigenvalue weighted by Crippen LogP contribution is 2.54. The molecule has 0 aliphatic heterocycles. The van der Waals surface area contributed by atoms with Crippen molar-refractivity contribution in [1.29, 1.82) is 10.5 Å². The van der Waals surface area contributed by atoms with Crippen molar-refractivity contribution in [1.82, 2.24) is 39.5 Å². The van der Waals surface area contributed by atoms with E-state index in [0.717, 1.165) is 41.1 Å². The fourth-order valence-corrected chi connectivity index (χ4v) is 9.71. The van der Waals surface area contributed by atoms with E-state index in [1.54, 1.807) is 59.3 Å². The summed E-state index contributed by atoms with van der Waals surface area (Å²) in [5, 5.41) is 57.7.